The first kappa shape index (κ1) is 9.72. The highest BCUT2D eigenvalue weighted by Crippen LogP contribution is 2.20. The summed E-state index contributed by atoms with van der Waals surface area (Å²) >= 11 is 1.90. The van der Waals surface area contributed by atoms with E-state index in [1.807, 2.05) is 11.3 Å². The number of nitrogens with zero attached hydrogens (tertiary/aromatic N) is 1. The van der Waals surface area contributed by atoms with Crippen molar-refractivity contribution in [1.29, 1.82) is 0 Å². The molecule has 1 heterocycles. The van der Waals surface area contributed by atoms with E-state index in [1.54, 1.807) is 0 Å². The Morgan fingerprint density at radius 2 is 1.92 bits per heavy atom. The van der Waals surface area contributed by atoms with E-state index in [-0.39, 0.29) is 0 Å². The van der Waals surface area contributed by atoms with Crippen molar-refractivity contribution >= 4 is 11.3 Å². The molecule has 0 atom stereocenters. The van der Waals surface area contributed by atoms with E-state index in [2.05, 4.69) is 25.8 Å². The number of thiazole rings is 1. The minimum absolute atomic E-state index is 1.09. The zero-order chi connectivity index (χ0) is 8.97. The van der Waals surface area contributed by atoms with Gasteiger partial charge in [0, 0.05) is 4.88 Å². The molecule has 0 aliphatic rings. The SMILES string of the molecule is CCCc1nc(CC)c(CC)s1. The van der Waals surface area contributed by atoms with Gasteiger partial charge in [0.05, 0.1) is 10.7 Å². The molecular formula is C10H17NS. The number of aromatic nitrogens is 1. The molecule has 2 heteroatoms. The van der Waals surface area contributed by atoms with Crippen molar-refractivity contribution in [2.24, 2.45) is 0 Å². The third kappa shape index (κ3) is 2.07. The van der Waals surface area contributed by atoms with Crippen LogP contribution in [0, 0.1) is 0 Å². The van der Waals surface area contributed by atoms with Gasteiger partial charge in [-0.3, -0.25) is 0 Å². The predicted molar refractivity (Wildman–Crippen MR) is 54.9 cm³/mol. The van der Waals surface area contributed by atoms with Crippen molar-refractivity contribution in [1.82, 2.24) is 4.98 Å². The Bertz CT molecular complexity index is 218. The Morgan fingerprint density at radius 3 is 2.33 bits per heavy atom. The van der Waals surface area contributed by atoms with Gasteiger partial charge in [0.1, 0.15) is 0 Å². The third-order valence-electron chi connectivity index (χ3n) is 1.94. The number of hydrogen-bond donors (Lipinski definition) is 0. The van der Waals surface area contributed by atoms with Gasteiger partial charge in [-0.05, 0) is 25.7 Å². The lowest BCUT2D eigenvalue weighted by atomic mass is 10.2. The highest BCUT2D eigenvalue weighted by Gasteiger charge is 2.06. The van der Waals surface area contributed by atoms with E-state index in [9.17, 15) is 0 Å². The van der Waals surface area contributed by atoms with Gasteiger partial charge in [0.15, 0.2) is 0 Å². The fraction of sp³-hybridized carbons (Fsp3) is 0.700. The number of hydrogen-bond acceptors (Lipinski definition) is 2. The lowest BCUT2D eigenvalue weighted by Crippen LogP contribution is -1.86. The molecule has 1 nitrogen and oxygen atoms in total. The summed E-state index contributed by atoms with van der Waals surface area (Å²) in [4.78, 5) is 6.09. The average Bonchev–Trinajstić information content (AvgIpc) is 2.48. The van der Waals surface area contributed by atoms with Gasteiger partial charge in [-0.2, -0.15) is 0 Å². The Labute approximate surface area is 78.8 Å². The molecular weight excluding hydrogens is 166 g/mol. The van der Waals surface area contributed by atoms with E-state index < -0.39 is 0 Å². The molecule has 1 aromatic rings. The Balaban J connectivity index is 2.81. The van der Waals surface area contributed by atoms with Crippen LogP contribution in [-0.4, -0.2) is 4.98 Å². The van der Waals surface area contributed by atoms with Crippen LogP contribution in [0.3, 0.4) is 0 Å². The van der Waals surface area contributed by atoms with Crippen LogP contribution in [0.15, 0.2) is 0 Å². The highest BCUT2D eigenvalue weighted by molar-refractivity contribution is 7.11. The summed E-state index contributed by atoms with van der Waals surface area (Å²) in [5.74, 6) is 0. The topological polar surface area (TPSA) is 12.9 Å². The minimum atomic E-state index is 1.09. The molecule has 12 heavy (non-hydrogen) atoms. The summed E-state index contributed by atoms with van der Waals surface area (Å²) in [6.07, 6.45) is 4.59. The molecule has 0 N–H and O–H groups in total. The molecule has 0 aliphatic carbocycles. The summed E-state index contributed by atoms with van der Waals surface area (Å²) < 4.78 is 0. The van der Waals surface area contributed by atoms with Crippen LogP contribution in [0.5, 0.6) is 0 Å². The molecule has 0 radical (unpaired) electrons. The van der Waals surface area contributed by atoms with Gasteiger partial charge in [0.25, 0.3) is 0 Å². The second kappa shape index (κ2) is 4.61. The van der Waals surface area contributed by atoms with Gasteiger partial charge in [-0.1, -0.05) is 20.8 Å². The maximum atomic E-state index is 4.61. The molecule has 0 aliphatic heterocycles. The third-order valence-corrected chi connectivity index (χ3v) is 3.24. The van der Waals surface area contributed by atoms with E-state index in [4.69, 9.17) is 0 Å². The number of rotatable bonds is 4. The second-order valence-corrected chi connectivity index (χ2v) is 4.10. The first-order chi connectivity index (χ1) is 5.81. The number of aryl methyl sites for hydroxylation is 3. The Kier molecular flexibility index (Phi) is 3.73. The Morgan fingerprint density at radius 1 is 1.17 bits per heavy atom. The summed E-state index contributed by atoms with van der Waals surface area (Å²) in [6.45, 7) is 6.60. The summed E-state index contributed by atoms with van der Waals surface area (Å²) in [6, 6.07) is 0. The lowest BCUT2D eigenvalue weighted by molar-refractivity contribution is 0.889. The molecule has 0 bridgehead atoms. The maximum Gasteiger partial charge on any atom is 0.0931 e. The largest absolute Gasteiger partial charge is 0.246 e. The zero-order valence-electron chi connectivity index (χ0n) is 8.18. The van der Waals surface area contributed by atoms with E-state index in [0.717, 1.165) is 19.3 Å². The molecule has 0 saturated heterocycles. The molecule has 1 rings (SSSR count). The summed E-state index contributed by atoms with van der Waals surface area (Å²) in [5.41, 5.74) is 1.32. The van der Waals surface area contributed by atoms with Gasteiger partial charge in [-0.15, -0.1) is 11.3 Å². The van der Waals surface area contributed by atoms with Gasteiger partial charge < -0.3 is 0 Å². The maximum absolute atomic E-state index is 4.61. The molecule has 0 amide bonds. The van der Waals surface area contributed by atoms with E-state index in [0.29, 0.717) is 0 Å². The monoisotopic (exact) mass is 183 g/mol. The van der Waals surface area contributed by atoms with Crippen LogP contribution >= 0.6 is 11.3 Å². The van der Waals surface area contributed by atoms with Crippen molar-refractivity contribution in [3.63, 3.8) is 0 Å². The summed E-state index contributed by atoms with van der Waals surface area (Å²) in [7, 11) is 0. The van der Waals surface area contributed by atoms with Crippen molar-refractivity contribution < 1.29 is 0 Å². The van der Waals surface area contributed by atoms with Crippen molar-refractivity contribution in [2.45, 2.75) is 46.5 Å². The average molecular weight is 183 g/mol. The van der Waals surface area contributed by atoms with Crippen LogP contribution in [0.2, 0.25) is 0 Å². The highest BCUT2D eigenvalue weighted by atomic mass is 32.1. The van der Waals surface area contributed by atoms with Gasteiger partial charge >= 0.3 is 0 Å². The molecule has 0 unspecified atom stereocenters. The fourth-order valence-electron chi connectivity index (χ4n) is 1.31. The first-order valence-corrected chi connectivity index (χ1v) is 5.60. The zero-order valence-corrected chi connectivity index (χ0v) is 9.00. The van der Waals surface area contributed by atoms with Crippen molar-refractivity contribution in [3.8, 4) is 0 Å². The van der Waals surface area contributed by atoms with E-state index >= 15 is 0 Å². The second-order valence-electron chi connectivity index (χ2n) is 2.93. The Hall–Kier alpha value is -0.370. The van der Waals surface area contributed by atoms with Crippen LogP contribution in [0.1, 0.15) is 42.8 Å². The quantitative estimate of drug-likeness (QED) is 0.698. The standard InChI is InChI=1S/C10H17NS/c1-4-7-10-11-8(5-2)9(6-3)12-10/h4-7H2,1-3H3. The van der Waals surface area contributed by atoms with Gasteiger partial charge in [0.2, 0.25) is 0 Å². The lowest BCUT2D eigenvalue weighted by Gasteiger charge is -1.91. The minimum Gasteiger partial charge on any atom is -0.246 e. The molecule has 68 valence electrons. The van der Waals surface area contributed by atoms with Crippen LogP contribution in [0.4, 0.5) is 0 Å². The first-order valence-electron chi connectivity index (χ1n) is 4.79. The molecule has 0 fully saturated rings. The van der Waals surface area contributed by atoms with Crippen LogP contribution < -0.4 is 0 Å². The summed E-state index contributed by atoms with van der Waals surface area (Å²) in [5, 5.41) is 1.33. The predicted octanol–water partition coefficient (Wildman–Crippen LogP) is 3.22. The van der Waals surface area contributed by atoms with E-state index in [1.165, 1.54) is 22.0 Å². The molecule has 1 aromatic heterocycles. The molecule has 0 saturated carbocycles. The fourth-order valence-corrected chi connectivity index (χ4v) is 2.51. The van der Waals surface area contributed by atoms with Crippen LogP contribution in [0.25, 0.3) is 0 Å². The normalized spacial score (nSPS) is 10.6. The molecule has 0 spiro atoms. The van der Waals surface area contributed by atoms with Gasteiger partial charge in [-0.25, -0.2) is 4.98 Å². The van der Waals surface area contributed by atoms with Crippen molar-refractivity contribution in [2.75, 3.05) is 0 Å². The smallest absolute Gasteiger partial charge is 0.0931 e. The van der Waals surface area contributed by atoms with Crippen LogP contribution in [-0.2, 0) is 19.3 Å². The van der Waals surface area contributed by atoms with Crippen molar-refractivity contribution in [3.05, 3.63) is 15.6 Å². The molecule has 0 aromatic carbocycles.